The molecular weight excluding hydrogens is 114 g/mol. The van der Waals surface area contributed by atoms with Crippen LogP contribution in [0.5, 0.6) is 0 Å². The fraction of sp³-hybridized carbons (Fsp3) is 1.00. The number of hydrogen-bond donors (Lipinski definition) is 4. The molecule has 44 valence electrons. The molecule has 0 aliphatic rings. The topological polar surface area (TPSA) is 68.1 Å². The fourth-order valence-electron chi connectivity index (χ4n) is 0.0943. The Morgan fingerprint density at radius 1 is 1.57 bits per heavy atom. The van der Waals surface area contributed by atoms with Gasteiger partial charge in [-0.1, -0.05) is 0 Å². The van der Waals surface area contributed by atoms with Gasteiger partial charge in [-0.05, 0) is 0 Å². The highest BCUT2D eigenvalue weighted by atomic mass is 32.1. The first kappa shape index (κ1) is 7.23. The van der Waals surface area contributed by atoms with Crippen LogP contribution < -0.4 is 5.73 Å². The van der Waals surface area contributed by atoms with Crippen molar-refractivity contribution in [3.8, 4) is 0 Å². The van der Waals surface area contributed by atoms with E-state index in [1.54, 1.807) is 0 Å². The Labute approximate surface area is 47.6 Å². The summed E-state index contributed by atoms with van der Waals surface area (Å²) >= 11 is 3.77. The molecule has 0 rings (SSSR count). The summed E-state index contributed by atoms with van der Waals surface area (Å²) in [5, 5.41) is 16.5. The van der Waals surface area contributed by atoms with Crippen LogP contribution in [0.25, 0.3) is 0 Å². The molecule has 0 fully saturated rings. The van der Waals surface area contributed by atoms with E-state index < -0.39 is 6.29 Å². The Bertz CT molecular complexity index is 50.2. The lowest BCUT2D eigenvalue weighted by Crippen LogP contribution is -2.67. The molecule has 0 aromatic carbocycles. The zero-order valence-electron chi connectivity index (χ0n) is 3.91. The molecule has 3 nitrogen and oxygen atoms in total. The molecule has 0 saturated heterocycles. The van der Waals surface area contributed by atoms with Crippen LogP contribution in [-0.2, 0) is 0 Å². The number of aliphatic hydroxyl groups excluding tert-OH is 1. The van der Waals surface area contributed by atoms with Crippen LogP contribution in [0.3, 0.4) is 0 Å². The van der Waals surface area contributed by atoms with Gasteiger partial charge >= 0.3 is 0 Å². The summed E-state index contributed by atoms with van der Waals surface area (Å²) < 4.78 is 0. The van der Waals surface area contributed by atoms with E-state index in [-0.39, 0.29) is 6.04 Å². The Hall–Kier alpha value is 0.230. The Kier molecular flexibility index (Phi) is 3.37. The Morgan fingerprint density at radius 3 is 2.00 bits per heavy atom. The van der Waals surface area contributed by atoms with Crippen LogP contribution >= 0.6 is 12.6 Å². The lowest BCUT2D eigenvalue weighted by molar-refractivity contribution is -0.448. The van der Waals surface area contributed by atoms with Crippen molar-refractivity contribution >= 4 is 12.6 Å². The zero-order valence-corrected chi connectivity index (χ0v) is 4.80. The summed E-state index contributed by atoms with van der Waals surface area (Å²) in [6, 6.07) is -0.372. The maximum absolute atomic E-state index is 8.27. The van der Waals surface area contributed by atoms with Crippen molar-refractivity contribution in [1.29, 1.82) is 0 Å². The van der Waals surface area contributed by atoms with Gasteiger partial charge < -0.3 is 15.9 Å². The molecule has 0 radical (unpaired) electrons. The van der Waals surface area contributed by atoms with Crippen molar-refractivity contribution in [3.63, 3.8) is 0 Å². The van der Waals surface area contributed by atoms with E-state index in [0.717, 1.165) is 0 Å². The van der Waals surface area contributed by atoms with Gasteiger partial charge in [-0.15, -0.1) is 0 Å². The van der Waals surface area contributed by atoms with Gasteiger partial charge in [0.25, 0.3) is 0 Å². The van der Waals surface area contributed by atoms with E-state index in [9.17, 15) is 0 Å². The quantitative estimate of drug-likeness (QED) is 0.250. The van der Waals surface area contributed by atoms with Gasteiger partial charge in [-0.3, -0.25) is 0 Å². The molecule has 7 heavy (non-hydrogen) atoms. The fourth-order valence-corrected chi connectivity index (χ4v) is 0.283. The molecule has 5 N–H and O–H groups in total. The molecule has 0 spiro atoms. The van der Waals surface area contributed by atoms with Gasteiger partial charge in [0.2, 0.25) is 6.29 Å². The van der Waals surface area contributed by atoms with E-state index in [0.29, 0.717) is 5.75 Å². The highest BCUT2D eigenvalue weighted by Crippen LogP contribution is 1.83. The second kappa shape index (κ2) is 3.26. The molecule has 0 heterocycles. The molecule has 1 atom stereocenters. The van der Waals surface area contributed by atoms with E-state index in [1.165, 1.54) is 0 Å². The molecule has 0 aromatic heterocycles. The SMILES string of the molecule is [NH3+][C@@H](CS)C(O)O. The van der Waals surface area contributed by atoms with Gasteiger partial charge in [-0.2, -0.15) is 12.6 Å². The number of thiol groups is 1. The first-order valence-corrected chi connectivity index (χ1v) is 2.61. The normalized spacial score (nSPS) is 15.0. The number of hydrogen-bond acceptors (Lipinski definition) is 3. The van der Waals surface area contributed by atoms with Crippen molar-refractivity contribution in [3.05, 3.63) is 0 Å². The number of quaternary nitrogens is 1. The van der Waals surface area contributed by atoms with Crippen molar-refractivity contribution < 1.29 is 15.9 Å². The van der Waals surface area contributed by atoms with Crippen LogP contribution in [-0.4, -0.2) is 28.3 Å². The predicted octanol–water partition coefficient (Wildman–Crippen LogP) is -2.16. The molecule has 0 unspecified atom stereocenters. The third-order valence-electron chi connectivity index (χ3n) is 0.656. The summed E-state index contributed by atoms with van der Waals surface area (Å²) in [7, 11) is 0. The van der Waals surface area contributed by atoms with Crippen LogP contribution in [0.15, 0.2) is 0 Å². The maximum atomic E-state index is 8.27. The van der Waals surface area contributed by atoms with Gasteiger partial charge in [0.1, 0.15) is 6.04 Å². The molecule has 0 saturated carbocycles. The van der Waals surface area contributed by atoms with Gasteiger partial charge in [0, 0.05) is 5.75 Å². The van der Waals surface area contributed by atoms with Crippen LogP contribution in [0, 0.1) is 0 Å². The van der Waals surface area contributed by atoms with Gasteiger partial charge in [0.15, 0.2) is 0 Å². The van der Waals surface area contributed by atoms with Crippen LogP contribution in [0.4, 0.5) is 0 Å². The average Bonchev–Trinajstić information content (AvgIpc) is 1.65. The molecule has 0 amide bonds. The summed E-state index contributed by atoms with van der Waals surface area (Å²) in [6.07, 6.45) is -1.32. The lowest BCUT2D eigenvalue weighted by Gasteiger charge is -2.04. The second-order valence-electron chi connectivity index (χ2n) is 1.36. The summed E-state index contributed by atoms with van der Waals surface area (Å²) in [5.74, 6) is 0.400. The smallest absolute Gasteiger partial charge is 0.206 e. The van der Waals surface area contributed by atoms with E-state index in [2.05, 4.69) is 18.4 Å². The highest BCUT2D eigenvalue weighted by molar-refractivity contribution is 7.80. The predicted molar refractivity (Wildman–Crippen MR) is 28.8 cm³/mol. The molecular formula is C3H10NO2S+. The third kappa shape index (κ3) is 2.87. The lowest BCUT2D eigenvalue weighted by atomic mass is 10.4. The first-order chi connectivity index (χ1) is 3.18. The van der Waals surface area contributed by atoms with Crippen molar-refractivity contribution in [2.75, 3.05) is 5.75 Å². The Morgan fingerprint density at radius 2 is 2.00 bits per heavy atom. The minimum absolute atomic E-state index is 0.372. The first-order valence-electron chi connectivity index (χ1n) is 1.98. The second-order valence-corrected chi connectivity index (χ2v) is 1.72. The molecule has 0 aliphatic heterocycles. The standard InChI is InChI=1S/C3H9NO2S/c4-2(1-7)3(5)6/h2-3,5-7H,1,4H2/p+1/t2-/m0/s1. The number of aliphatic hydroxyl groups is 2. The highest BCUT2D eigenvalue weighted by Gasteiger charge is 2.10. The van der Waals surface area contributed by atoms with Gasteiger partial charge in [0.05, 0.1) is 0 Å². The van der Waals surface area contributed by atoms with E-state index >= 15 is 0 Å². The van der Waals surface area contributed by atoms with Gasteiger partial charge in [-0.25, -0.2) is 0 Å². The molecule has 0 bridgehead atoms. The zero-order chi connectivity index (χ0) is 5.86. The summed E-state index contributed by atoms with van der Waals surface area (Å²) in [6.45, 7) is 0. The van der Waals surface area contributed by atoms with Crippen LogP contribution in [0.1, 0.15) is 0 Å². The minimum Gasteiger partial charge on any atom is -0.363 e. The summed E-state index contributed by atoms with van der Waals surface area (Å²) in [5.41, 5.74) is 3.38. The molecule has 4 heteroatoms. The van der Waals surface area contributed by atoms with E-state index in [1.807, 2.05) is 0 Å². The largest absolute Gasteiger partial charge is 0.363 e. The van der Waals surface area contributed by atoms with Crippen LogP contribution in [0.2, 0.25) is 0 Å². The van der Waals surface area contributed by atoms with Crippen molar-refractivity contribution in [1.82, 2.24) is 0 Å². The summed E-state index contributed by atoms with van der Waals surface area (Å²) in [4.78, 5) is 0. The third-order valence-corrected chi connectivity index (χ3v) is 1.13. The minimum atomic E-state index is -1.32. The molecule has 0 aliphatic carbocycles. The van der Waals surface area contributed by atoms with E-state index in [4.69, 9.17) is 10.2 Å². The van der Waals surface area contributed by atoms with Crippen molar-refractivity contribution in [2.45, 2.75) is 12.3 Å². The average molecular weight is 124 g/mol. The maximum Gasteiger partial charge on any atom is 0.206 e. The van der Waals surface area contributed by atoms with Crippen molar-refractivity contribution in [2.24, 2.45) is 0 Å². The molecule has 0 aromatic rings. The number of rotatable bonds is 2. The monoisotopic (exact) mass is 124 g/mol. The Balaban J connectivity index is 3.14.